The Morgan fingerprint density at radius 3 is 2.18 bits per heavy atom. The third-order valence-corrected chi connectivity index (χ3v) is 4.17. The summed E-state index contributed by atoms with van der Waals surface area (Å²) < 4.78 is 0. The van der Waals surface area contributed by atoms with Crippen LogP contribution in [0, 0.1) is 5.41 Å². The third-order valence-electron chi connectivity index (χ3n) is 4.17. The topological polar surface area (TPSA) is 77.8 Å². The number of likely N-dealkylation sites (tertiary alicyclic amines) is 1. The van der Waals surface area contributed by atoms with Crippen LogP contribution in [0.2, 0.25) is 0 Å². The highest BCUT2D eigenvalue weighted by molar-refractivity contribution is 5.94. The molecule has 1 spiro atoms. The number of hydrogen-bond acceptors (Lipinski definition) is 3. The van der Waals surface area contributed by atoms with E-state index in [1.54, 1.807) is 11.0 Å². The Balaban J connectivity index is 1.59. The maximum Gasteiger partial charge on any atom is 0.332 e. The second-order valence-corrected chi connectivity index (χ2v) is 5.34. The zero-order chi connectivity index (χ0) is 12.3. The average molecular weight is 237 g/mol. The highest BCUT2D eigenvalue weighted by Gasteiger charge is 2.54. The Hall–Kier alpha value is -1.36. The Labute approximate surface area is 98.7 Å². The van der Waals surface area contributed by atoms with E-state index in [4.69, 9.17) is 5.11 Å². The molecule has 0 atom stereocenters. The van der Waals surface area contributed by atoms with Crippen LogP contribution in [0.4, 0.5) is 0 Å². The maximum atomic E-state index is 11.9. The highest BCUT2D eigenvalue weighted by atomic mass is 16.4. The first-order chi connectivity index (χ1) is 7.97. The van der Waals surface area contributed by atoms with Crippen LogP contribution in [-0.4, -0.2) is 45.7 Å². The minimum absolute atomic E-state index is 0.176. The molecule has 0 aromatic rings. The molecule has 17 heavy (non-hydrogen) atoms. The molecule has 2 aliphatic carbocycles. The lowest BCUT2D eigenvalue weighted by Gasteiger charge is -2.34. The molecule has 5 heteroatoms. The van der Waals surface area contributed by atoms with E-state index in [2.05, 4.69) is 0 Å². The fourth-order valence-corrected chi connectivity index (χ4v) is 2.66. The van der Waals surface area contributed by atoms with Gasteiger partial charge in [-0.05, 0) is 25.7 Å². The molecule has 0 unspecified atom stereocenters. The molecule has 1 aliphatic heterocycles. The normalized spacial score (nSPS) is 27.6. The van der Waals surface area contributed by atoms with Gasteiger partial charge in [0.2, 0.25) is 0 Å². The number of allylic oxidation sites excluding steroid dienone is 1. The zero-order valence-electron chi connectivity index (χ0n) is 9.48. The van der Waals surface area contributed by atoms with Crippen LogP contribution in [0.1, 0.15) is 25.7 Å². The molecule has 0 aromatic heterocycles. The first-order valence-electron chi connectivity index (χ1n) is 5.95. The second kappa shape index (κ2) is 3.10. The van der Waals surface area contributed by atoms with Crippen LogP contribution < -0.4 is 0 Å². The SMILES string of the molecule is O=C(O)C1=CC12CCN(C(=O)C1(O)CC1)CC2. The van der Waals surface area contributed by atoms with Crippen LogP contribution in [0.5, 0.6) is 0 Å². The predicted octanol–water partition coefficient (Wildman–Crippen LogP) is 0.145. The summed E-state index contributed by atoms with van der Waals surface area (Å²) in [6.07, 6.45) is 4.27. The summed E-state index contributed by atoms with van der Waals surface area (Å²) in [6, 6.07) is 0. The zero-order valence-corrected chi connectivity index (χ0v) is 9.48. The lowest BCUT2D eigenvalue weighted by molar-refractivity contribution is -0.144. The van der Waals surface area contributed by atoms with Crippen molar-refractivity contribution in [2.75, 3.05) is 13.1 Å². The van der Waals surface area contributed by atoms with Crippen molar-refractivity contribution >= 4 is 11.9 Å². The van der Waals surface area contributed by atoms with Crippen LogP contribution in [0.15, 0.2) is 11.6 Å². The van der Waals surface area contributed by atoms with E-state index in [9.17, 15) is 14.7 Å². The van der Waals surface area contributed by atoms with E-state index in [0.717, 1.165) is 0 Å². The second-order valence-electron chi connectivity index (χ2n) is 5.34. The molecule has 2 N–H and O–H groups in total. The molecule has 1 saturated heterocycles. The van der Waals surface area contributed by atoms with Gasteiger partial charge in [-0.2, -0.15) is 0 Å². The fourth-order valence-electron chi connectivity index (χ4n) is 2.66. The van der Waals surface area contributed by atoms with Gasteiger partial charge in [0, 0.05) is 24.1 Å². The van der Waals surface area contributed by atoms with Gasteiger partial charge in [0.25, 0.3) is 5.91 Å². The van der Waals surface area contributed by atoms with Gasteiger partial charge in [0.05, 0.1) is 0 Å². The van der Waals surface area contributed by atoms with E-state index >= 15 is 0 Å². The molecule has 2 fully saturated rings. The monoisotopic (exact) mass is 237 g/mol. The fraction of sp³-hybridized carbons (Fsp3) is 0.667. The number of carboxylic acid groups (broad SMARTS) is 1. The molecule has 5 nitrogen and oxygen atoms in total. The standard InChI is InChI=1S/C12H15NO4/c14-9(15)8-7-11(8)3-5-13(6-4-11)10(16)12(17)1-2-12/h7,17H,1-6H2,(H,14,15). The number of carboxylic acids is 1. The van der Waals surface area contributed by atoms with Crippen molar-refractivity contribution in [3.8, 4) is 0 Å². The Morgan fingerprint density at radius 2 is 1.76 bits per heavy atom. The van der Waals surface area contributed by atoms with Crippen molar-refractivity contribution in [1.29, 1.82) is 0 Å². The summed E-state index contributed by atoms with van der Waals surface area (Å²) in [5.41, 5.74) is -0.860. The molecule has 0 bridgehead atoms. The summed E-state index contributed by atoms with van der Waals surface area (Å²) >= 11 is 0. The number of nitrogens with zero attached hydrogens (tertiary/aromatic N) is 1. The predicted molar refractivity (Wildman–Crippen MR) is 58.1 cm³/mol. The third kappa shape index (κ3) is 1.57. The summed E-state index contributed by atoms with van der Waals surface area (Å²) in [4.78, 5) is 24.4. The van der Waals surface area contributed by atoms with E-state index in [1.807, 2.05) is 0 Å². The van der Waals surface area contributed by atoms with Crippen molar-refractivity contribution in [2.45, 2.75) is 31.3 Å². The van der Waals surface area contributed by atoms with Crippen molar-refractivity contribution in [3.05, 3.63) is 11.6 Å². The van der Waals surface area contributed by atoms with Gasteiger partial charge in [-0.1, -0.05) is 6.08 Å². The number of aliphatic hydroxyl groups is 1. The van der Waals surface area contributed by atoms with E-state index in [1.165, 1.54) is 0 Å². The van der Waals surface area contributed by atoms with Gasteiger partial charge in [-0.25, -0.2) is 4.79 Å². The Kier molecular flexibility index (Phi) is 1.96. The molecule has 1 heterocycles. The summed E-state index contributed by atoms with van der Waals surface area (Å²) in [5.74, 6) is -1.02. The Bertz CT molecular complexity index is 428. The van der Waals surface area contributed by atoms with Gasteiger partial charge in [-0.3, -0.25) is 4.79 Å². The number of carbonyl (C=O) groups excluding carboxylic acids is 1. The number of aliphatic carboxylic acids is 1. The lowest BCUT2D eigenvalue weighted by atomic mass is 9.88. The summed E-state index contributed by atoms with van der Waals surface area (Å²) in [7, 11) is 0. The number of piperidine rings is 1. The van der Waals surface area contributed by atoms with Crippen LogP contribution in [-0.2, 0) is 9.59 Å². The van der Waals surface area contributed by atoms with Crippen molar-refractivity contribution in [3.63, 3.8) is 0 Å². The number of rotatable bonds is 2. The van der Waals surface area contributed by atoms with Crippen molar-refractivity contribution in [1.82, 2.24) is 4.90 Å². The van der Waals surface area contributed by atoms with Gasteiger partial charge >= 0.3 is 5.97 Å². The molecular formula is C12H15NO4. The van der Waals surface area contributed by atoms with Crippen LogP contribution in [0.25, 0.3) is 0 Å². The smallest absolute Gasteiger partial charge is 0.332 e. The molecular weight excluding hydrogens is 222 g/mol. The minimum Gasteiger partial charge on any atom is -0.478 e. The summed E-state index contributed by atoms with van der Waals surface area (Å²) in [6.45, 7) is 1.10. The number of amides is 1. The average Bonchev–Trinajstić information content (AvgIpc) is 3.18. The molecule has 1 saturated carbocycles. The van der Waals surface area contributed by atoms with Crippen molar-refractivity contribution in [2.24, 2.45) is 5.41 Å². The summed E-state index contributed by atoms with van der Waals surface area (Å²) in [5, 5.41) is 18.6. The van der Waals surface area contributed by atoms with Crippen molar-refractivity contribution < 1.29 is 19.8 Å². The maximum absolute atomic E-state index is 11.9. The number of hydrogen-bond donors (Lipinski definition) is 2. The van der Waals surface area contributed by atoms with Gasteiger partial charge in [0.15, 0.2) is 0 Å². The molecule has 92 valence electrons. The van der Waals surface area contributed by atoms with Gasteiger partial charge in [-0.15, -0.1) is 0 Å². The van der Waals surface area contributed by atoms with Gasteiger partial charge < -0.3 is 15.1 Å². The Morgan fingerprint density at radius 1 is 1.18 bits per heavy atom. The van der Waals surface area contributed by atoms with Gasteiger partial charge in [0.1, 0.15) is 5.60 Å². The molecule has 3 aliphatic rings. The molecule has 1 amide bonds. The first kappa shape index (κ1) is 10.8. The number of carbonyl (C=O) groups is 2. The minimum atomic E-state index is -1.10. The van der Waals surface area contributed by atoms with Crippen LogP contribution in [0.3, 0.4) is 0 Å². The largest absolute Gasteiger partial charge is 0.478 e. The van der Waals surface area contributed by atoms with E-state index in [0.29, 0.717) is 44.3 Å². The quantitative estimate of drug-likeness (QED) is 0.716. The highest BCUT2D eigenvalue weighted by Crippen LogP contribution is 2.52. The van der Waals surface area contributed by atoms with Crippen LogP contribution >= 0.6 is 0 Å². The van der Waals surface area contributed by atoms with E-state index < -0.39 is 11.6 Å². The first-order valence-corrected chi connectivity index (χ1v) is 5.95. The molecule has 0 radical (unpaired) electrons. The van der Waals surface area contributed by atoms with E-state index in [-0.39, 0.29) is 11.3 Å². The molecule has 3 rings (SSSR count). The molecule has 0 aromatic carbocycles. The lowest BCUT2D eigenvalue weighted by Crippen LogP contribution is -2.46.